The molecule has 14 heteroatoms. The zero-order valence-electron chi connectivity index (χ0n) is 24.6. The number of aryl methyl sites for hydroxylation is 1. The highest BCUT2D eigenvalue weighted by atomic mass is 35.5. The predicted octanol–water partition coefficient (Wildman–Crippen LogP) is 3.55. The number of ether oxygens (including phenoxy) is 3. The highest BCUT2D eigenvalue weighted by molar-refractivity contribution is 7.89. The van der Waals surface area contributed by atoms with Gasteiger partial charge < -0.3 is 29.3 Å². The molecule has 1 aromatic heterocycles. The van der Waals surface area contributed by atoms with Gasteiger partial charge in [-0.1, -0.05) is 25.4 Å². The van der Waals surface area contributed by atoms with Crippen molar-refractivity contribution in [1.29, 1.82) is 0 Å². The molecule has 2 N–H and O–H groups in total. The maximum Gasteiger partial charge on any atom is 0.247 e. The number of rotatable bonds is 5. The van der Waals surface area contributed by atoms with Crippen LogP contribution in [0, 0.1) is 12.8 Å². The highest BCUT2D eigenvalue weighted by Gasteiger charge is 2.32. The van der Waals surface area contributed by atoms with E-state index in [4.69, 9.17) is 30.2 Å². The molecule has 232 valence electrons. The molecule has 0 saturated heterocycles. The van der Waals surface area contributed by atoms with E-state index in [-0.39, 0.29) is 47.7 Å². The minimum absolute atomic E-state index is 0.0574. The van der Waals surface area contributed by atoms with Crippen molar-refractivity contribution < 1.29 is 36.6 Å². The predicted molar refractivity (Wildman–Crippen MR) is 159 cm³/mol. The van der Waals surface area contributed by atoms with E-state index in [1.165, 1.54) is 32.4 Å². The van der Waals surface area contributed by atoms with Crippen molar-refractivity contribution in [3.63, 3.8) is 0 Å². The Kier molecular flexibility index (Phi) is 10.2. The molecule has 4 rings (SSSR count). The number of fused-ring (bicyclic) bond motifs is 5. The number of carbonyl (C=O) groups excluding carboxylic acids is 2. The van der Waals surface area contributed by atoms with Gasteiger partial charge in [0.2, 0.25) is 27.7 Å². The van der Waals surface area contributed by atoms with E-state index < -0.39 is 34.4 Å². The summed E-state index contributed by atoms with van der Waals surface area (Å²) in [4.78, 5) is 30.8. The van der Waals surface area contributed by atoms with E-state index in [1.807, 2.05) is 0 Å². The second-order valence-electron chi connectivity index (χ2n) is 10.2. The van der Waals surface area contributed by atoms with Crippen LogP contribution in [0.15, 0.2) is 45.7 Å². The molecule has 4 bridgehead atoms. The van der Waals surface area contributed by atoms with Gasteiger partial charge in [-0.05, 0) is 55.7 Å². The molecule has 0 aliphatic carbocycles. The SMILES string of the molecule is COc1ccc2cc1OCCCN(S(=O)(=O)c1cc(Cl)ccc1OC)CC(=O)N[C@@H](C(C)C)C(=O)NCc1nc-2oc1C. The number of nitrogens with zero attached hydrogens (tertiary/aromatic N) is 2. The number of hydrogen-bond acceptors (Lipinski definition) is 9. The molecule has 1 atom stereocenters. The van der Waals surface area contributed by atoms with Crippen LogP contribution in [0.1, 0.15) is 31.7 Å². The molecular formula is C29H35ClN4O8S. The van der Waals surface area contributed by atoms with Crippen LogP contribution in [0.5, 0.6) is 17.2 Å². The summed E-state index contributed by atoms with van der Waals surface area (Å²) >= 11 is 6.13. The van der Waals surface area contributed by atoms with Crippen LogP contribution in [-0.2, 0) is 26.2 Å². The number of oxazole rings is 1. The number of carbonyl (C=O) groups is 2. The van der Waals surface area contributed by atoms with E-state index >= 15 is 0 Å². The van der Waals surface area contributed by atoms with Gasteiger partial charge in [0, 0.05) is 17.1 Å². The number of aromatic nitrogens is 1. The van der Waals surface area contributed by atoms with Gasteiger partial charge in [0.15, 0.2) is 11.5 Å². The summed E-state index contributed by atoms with van der Waals surface area (Å²) in [6.45, 7) is 4.80. The summed E-state index contributed by atoms with van der Waals surface area (Å²) < 4.78 is 51.3. The summed E-state index contributed by atoms with van der Waals surface area (Å²) in [6.07, 6.45) is 0.207. The smallest absolute Gasteiger partial charge is 0.247 e. The second-order valence-corrected chi connectivity index (χ2v) is 12.6. The first kappa shape index (κ1) is 32.1. The maximum absolute atomic E-state index is 13.9. The molecule has 2 aromatic carbocycles. The van der Waals surface area contributed by atoms with E-state index in [0.29, 0.717) is 34.4 Å². The van der Waals surface area contributed by atoms with Crippen molar-refractivity contribution in [3.8, 4) is 28.7 Å². The number of nitrogens with one attached hydrogen (secondary N) is 2. The lowest BCUT2D eigenvalue weighted by Crippen LogP contribution is -2.52. The van der Waals surface area contributed by atoms with Gasteiger partial charge in [0.05, 0.1) is 33.9 Å². The third-order valence-electron chi connectivity index (χ3n) is 6.87. The first-order valence-electron chi connectivity index (χ1n) is 13.6. The van der Waals surface area contributed by atoms with Crippen molar-refractivity contribution in [2.24, 2.45) is 5.92 Å². The summed E-state index contributed by atoms with van der Waals surface area (Å²) in [5.41, 5.74) is 1.14. The lowest BCUT2D eigenvalue weighted by molar-refractivity contribution is -0.130. The van der Waals surface area contributed by atoms with Crippen molar-refractivity contribution in [3.05, 3.63) is 52.9 Å². The zero-order valence-corrected chi connectivity index (χ0v) is 26.2. The normalized spacial score (nSPS) is 17.3. The zero-order chi connectivity index (χ0) is 31.3. The first-order valence-corrected chi connectivity index (χ1v) is 15.4. The molecule has 0 spiro atoms. The summed E-state index contributed by atoms with van der Waals surface area (Å²) in [7, 11) is -1.43. The van der Waals surface area contributed by atoms with Gasteiger partial charge in [-0.15, -0.1) is 0 Å². The topological polar surface area (TPSA) is 149 Å². The van der Waals surface area contributed by atoms with Gasteiger partial charge in [0.25, 0.3) is 0 Å². The largest absolute Gasteiger partial charge is 0.495 e. The fourth-order valence-electron chi connectivity index (χ4n) is 4.53. The lowest BCUT2D eigenvalue weighted by atomic mass is 10.0. The summed E-state index contributed by atoms with van der Waals surface area (Å²) in [6, 6.07) is 8.48. The van der Waals surface area contributed by atoms with E-state index in [9.17, 15) is 18.0 Å². The number of benzene rings is 2. The number of amides is 2. The molecule has 12 nitrogen and oxygen atoms in total. The Morgan fingerprint density at radius 1 is 1.09 bits per heavy atom. The number of hydrogen-bond donors (Lipinski definition) is 2. The lowest BCUT2D eigenvalue weighted by Gasteiger charge is -2.26. The van der Waals surface area contributed by atoms with Gasteiger partial charge in [-0.3, -0.25) is 9.59 Å². The molecule has 0 fully saturated rings. The second kappa shape index (κ2) is 13.7. The monoisotopic (exact) mass is 634 g/mol. The molecule has 0 saturated carbocycles. The van der Waals surface area contributed by atoms with Crippen LogP contribution in [-0.4, -0.2) is 69.5 Å². The Bertz CT molecular complexity index is 1590. The quantitative estimate of drug-likeness (QED) is 0.430. The van der Waals surface area contributed by atoms with Crippen LogP contribution in [0.3, 0.4) is 0 Å². The summed E-state index contributed by atoms with van der Waals surface area (Å²) in [5, 5.41) is 5.68. The molecule has 2 heterocycles. The van der Waals surface area contributed by atoms with Crippen molar-refractivity contribution >= 4 is 33.4 Å². The van der Waals surface area contributed by atoms with Crippen LogP contribution in [0.2, 0.25) is 5.02 Å². The third-order valence-corrected chi connectivity index (χ3v) is 8.97. The van der Waals surface area contributed by atoms with Crippen LogP contribution in [0.4, 0.5) is 0 Å². The Hall–Kier alpha value is -3.81. The third kappa shape index (κ3) is 7.40. The van der Waals surface area contributed by atoms with Gasteiger partial charge in [0.1, 0.15) is 28.1 Å². The Labute approximate surface area is 255 Å². The van der Waals surface area contributed by atoms with Gasteiger partial charge in [-0.2, -0.15) is 4.31 Å². The maximum atomic E-state index is 13.9. The number of methoxy groups -OCH3 is 2. The summed E-state index contributed by atoms with van der Waals surface area (Å²) in [5.74, 6) is 0.384. The molecular weight excluding hydrogens is 600 g/mol. The Morgan fingerprint density at radius 3 is 2.51 bits per heavy atom. The molecule has 3 aromatic rings. The van der Waals surface area contributed by atoms with Gasteiger partial charge in [-0.25, -0.2) is 13.4 Å². The molecule has 2 amide bonds. The molecule has 0 radical (unpaired) electrons. The molecule has 1 aliphatic rings. The van der Waals surface area contributed by atoms with E-state index in [2.05, 4.69) is 15.6 Å². The van der Waals surface area contributed by atoms with Crippen molar-refractivity contribution in [2.75, 3.05) is 33.9 Å². The molecule has 0 unspecified atom stereocenters. The van der Waals surface area contributed by atoms with Crippen LogP contribution >= 0.6 is 11.6 Å². The Morgan fingerprint density at radius 2 is 1.81 bits per heavy atom. The minimum atomic E-state index is -4.28. The van der Waals surface area contributed by atoms with Gasteiger partial charge >= 0.3 is 0 Å². The van der Waals surface area contributed by atoms with Crippen LogP contribution < -0.4 is 24.8 Å². The Balaban J connectivity index is 1.71. The average molecular weight is 635 g/mol. The average Bonchev–Trinajstić information content (AvgIpc) is 3.35. The minimum Gasteiger partial charge on any atom is -0.495 e. The van der Waals surface area contributed by atoms with Crippen LogP contribution in [0.25, 0.3) is 11.5 Å². The number of halogens is 1. The standard InChI is InChI=1S/C29H35ClN4O8S/c1-17(2)27-28(36)31-15-21-18(3)42-29(32-21)19-7-9-22(39-4)24(13-19)41-12-6-11-34(16-26(35)33-27)43(37,38)25-14-20(30)8-10-23(25)40-5/h7-10,13-14,17,27H,6,11-12,15-16H2,1-5H3,(H,31,36)(H,33,35)/t27-/m0/s1. The van der Waals surface area contributed by atoms with E-state index in [1.54, 1.807) is 39.0 Å². The highest BCUT2D eigenvalue weighted by Crippen LogP contribution is 2.34. The van der Waals surface area contributed by atoms with Crippen molar-refractivity contribution in [2.45, 2.75) is 44.7 Å². The molecule has 43 heavy (non-hydrogen) atoms. The fourth-order valence-corrected chi connectivity index (χ4v) is 6.38. The molecule has 1 aliphatic heterocycles. The van der Waals surface area contributed by atoms with Crippen molar-refractivity contribution in [1.82, 2.24) is 19.9 Å². The first-order chi connectivity index (χ1) is 20.4. The number of sulfonamides is 1. The fraction of sp³-hybridized carbons (Fsp3) is 0.414. The van der Waals surface area contributed by atoms with E-state index in [0.717, 1.165) is 4.31 Å².